The molecule has 0 aromatic heterocycles. The second-order valence-corrected chi connectivity index (χ2v) is 4.99. The third-order valence-corrected chi connectivity index (χ3v) is 3.18. The number of anilines is 1. The Morgan fingerprint density at radius 2 is 2.00 bits per heavy atom. The molecule has 0 spiro atoms. The molecule has 0 radical (unpaired) electrons. The van der Waals surface area contributed by atoms with Crippen LogP contribution in [0.5, 0.6) is 0 Å². The molecule has 20 heavy (non-hydrogen) atoms. The first-order valence-corrected chi connectivity index (χ1v) is 6.96. The van der Waals surface area contributed by atoms with Crippen molar-refractivity contribution >= 4 is 17.6 Å². The van der Waals surface area contributed by atoms with Crippen LogP contribution in [-0.2, 0) is 9.53 Å². The van der Waals surface area contributed by atoms with E-state index in [1.54, 1.807) is 24.3 Å². The highest BCUT2D eigenvalue weighted by Crippen LogP contribution is 2.13. The summed E-state index contributed by atoms with van der Waals surface area (Å²) in [4.78, 5) is 23.4. The van der Waals surface area contributed by atoms with Gasteiger partial charge in [0.15, 0.2) is 0 Å². The molecule has 5 nitrogen and oxygen atoms in total. The molecule has 0 unspecified atom stereocenters. The predicted molar refractivity (Wildman–Crippen MR) is 76.6 cm³/mol. The van der Waals surface area contributed by atoms with Gasteiger partial charge in [-0.15, -0.1) is 0 Å². The lowest BCUT2D eigenvalue weighted by Gasteiger charge is -2.26. The molecule has 1 aromatic carbocycles. The van der Waals surface area contributed by atoms with Gasteiger partial charge in [0.05, 0.1) is 12.2 Å². The Labute approximate surface area is 118 Å². The van der Waals surface area contributed by atoms with Crippen molar-refractivity contribution in [3.8, 4) is 0 Å². The number of hydrogen-bond acceptors (Lipinski definition) is 4. The average molecular weight is 276 g/mol. The highest BCUT2D eigenvalue weighted by Gasteiger charge is 2.20. The van der Waals surface area contributed by atoms with Gasteiger partial charge < -0.3 is 15.4 Å². The molecule has 0 atom stereocenters. The van der Waals surface area contributed by atoms with Gasteiger partial charge in [-0.3, -0.25) is 4.79 Å². The number of nitrogens with one attached hydrogen (secondary N) is 2. The molecule has 1 aliphatic rings. The maximum absolute atomic E-state index is 11.7. The fraction of sp³-hybridized carbons (Fsp3) is 0.467. The summed E-state index contributed by atoms with van der Waals surface area (Å²) >= 11 is 0. The number of carbonyl (C=O) groups is 2. The second kappa shape index (κ2) is 7.05. The zero-order chi connectivity index (χ0) is 14.4. The summed E-state index contributed by atoms with van der Waals surface area (Å²) in [5.74, 6) is 0.126. The Kier molecular flexibility index (Phi) is 5.12. The Bertz CT molecular complexity index is 467. The average Bonchev–Trinajstić information content (AvgIpc) is 2.41. The van der Waals surface area contributed by atoms with Crippen molar-refractivity contribution in [3.05, 3.63) is 29.8 Å². The van der Waals surface area contributed by atoms with Crippen molar-refractivity contribution < 1.29 is 14.3 Å². The quantitative estimate of drug-likeness (QED) is 0.777. The molecule has 1 fully saturated rings. The van der Waals surface area contributed by atoms with E-state index in [9.17, 15) is 9.59 Å². The Morgan fingerprint density at radius 3 is 2.55 bits per heavy atom. The van der Waals surface area contributed by atoms with Crippen molar-refractivity contribution in [2.24, 2.45) is 5.92 Å². The highest BCUT2D eigenvalue weighted by atomic mass is 16.5. The van der Waals surface area contributed by atoms with Gasteiger partial charge >= 0.3 is 5.97 Å². The smallest absolute Gasteiger partial charge is 0.338 e. The van der Waals surface area contributed by atoms with E-state index in [0.29, 0.717) is 30.2 Å². The minimum Gasteiger partial charge on any atom is -0.462 e. The number of amides is 1. The van der Waals surface area contributed by atoms with Crippen LogP contribution in [0.2, 0.25) is 0 Å². The number of carbonyl (C=O) groups excluding carboxylic acids is 2. The lowest BCUT2D eigenvalue weighted by atomic mass is 9.99. The van der Waals surface area contributed by atoms with Gasteiger partial charge in [0, 0.05) is 12.1 Å². The van der Waals surface area contributed by atoms with Gasteiger partial charge in [0.1, 0.15) is 0 Å². The van der Waals surface area contributed by atoms with Gasteiger partial charge in [-0.05, 0) is 49.7 Å². The third kappa shape index (κ3) is 4.06. The summed E-state index contributed by atoms with van der Waals surface area (Å²) < 4.78 is 5.04. The zero-order valence-corrected chi connectivity index (χ0v) is 11.6. The fourth-order valence-electron chi connectivity index (χ4n) is 1.93. The van der Waals surface area contributed by atoms with Crippen molar-refractivity contribution in [2.75, 3.05) is 25.0 Å². The molecule has 0 bridgehead atoms. The lowest BCUT2D eigenvalue weighted by Crippen LogP contribution is -2.43. The minimum absolute atomic E-state index is 0.0119. The summed E-state index contributed by atoms with van der Waals surface area (Å²) in [5.41, 5.74) is 1.20. The first-order valence-electron chi connectivity index (χ1n) is 6.96. The molecule has 2 rings (SSSR count). The van der Waals surface area contributed by atoms with E-state index >= 15 is 0 Å². The van der Waals surface area contributed by atoms with Gasteiger partial charge in [0.2, 0.25) is 5.91 Å². The first kappa shape index (κ1) is 14.5. The summed E-state index contributed by atoms with van der Waals surface area (Å²) in [6.45, 7) is 4.20. The summed E-state index contributed by atoms with van der Waals surface area (Å²) in [7, 11) is 0. The van der Waals surface area contributed by atoms with Crippen molar-refractivity contribution in [3.63, 3.8) is 0 Å². The summed E-state index contributed by atoms with van der Waals surface area (Å²) in [6, 6.07) is 6.77. The normalized spacial score (nSPS) is 14.4. The standard InChI is InChI=1S/C15H20N2O3/c1-2-7-20-15(19)12-3-5-13(6-4-12)17-14(18)8-11-9-16-10-11/h3-6,11,16H,2,7-10H2,1H3,(H,17,18). The van der Waals surface area contributed by atoms with Crippen LogP contribution in [0.3, 0.4) is 0 Å². The van der Waals surface area contributed by atoms with E-state index in [4.69, 9.17) is 4.74 Å². The van der Waals surface area contributed by atoms with Crippen molar-refractivity contribution in [1.82, 2.24) is 5.32 Å². The van der Waals surface area contributed by atoms with Crippen LogP contribution in [0.15, 0.2) is 24.3 Å². The molecule has 1 aliphatic heterocycles. The van der Waals surface area contributed by atoms with Crippen LogP contribution in [0, 0.1) is 5.92 Å². The molecule has 5 heteroatoms. The maximum atomic E-state index is 11.7. The first-order chi connectivity index (χ1) is 9.69. The Hall–Kier alpha value is -1.88. The summed E-state index contributed by atoms with van der Waals surface area (Å²) in [6.07, 6.45) is 1.34. The van der Waals surface area contributed by atoms with Gasteiger partial charge in [-0.1, -0.05) is 6.92 Å². The van der Waals surface area contributed by atoms with Gasteiger partial charge in [-0.2, -0.15) is 0 Å². The maximum Gasteiger partial charge on any atom is 0.338 e. The van der Waals surface area contributed by atoms with E-state index in [-0.39, 0.29) is 11.9 Å². The number of benzene rings is 1. The Morgan fingerprint density at radius 1 is 1.30 bits per heavy atom. The lowest BCUT2D eigenvalue weighted by molar-refractivity contribution is -0.117. The van der Waals surface area contributed by atoms with Gasteiger partial charge in [0.25, 0.3) is 0 Å². The highest BCUT2D eigenvalue weighted by molar-refractivity contribution is 5.93. The number of esters is 1. The van der Waals surface area contributed by atoms with Gasteiger partial charge in [-0.25, -0.2) is 4.79 Å². The Balaban J connectivity index is 1.84. The van der Waals surface area contributed by atoms with E-state index in [0.717, 1.165) is 19.5 Å². The molecular formula is C15H20N2O3. The van der Waals surface area contributed by atoms with Crippen molar-refractivity contribution in [2.45, 2.75) is 19.8 Å². The van der Waals surface area contributed by atoms with Crippen LogP contribution in [0.1, 0.15) is 30.1 Å². The molecule has 1 saturated heterocycles. The molecule has 0 saturated carbocycles. The van der Waals surface area contributed by atoms with Crippen LogP contribution >= 0.6 is 0 Å². The molecule has 108 valence electrons. The SMILES string of the molecule is CCCOC(=O)c1ccc(NC(=O)CC2CNC2)cc1. The third-order valence-electron chi connectivity index (χ3n) is 3.18. The largest absolute Gasteiger partial charge is 0.462 e. The molecule has 0 aliphatic carbocycles. The molecular weight excluding hydrogens is 256 g/mol. The van der Waals surface area contributed by atoms with E-state index in [2.05, 4.69) is 10.6 Å². The van der Waals surface area contributed by atoms with E-state index < -0.39 is 0 Å². The minimum atomic E-state index is -0.328. The van der Waals surface area contributed by atoms with Crippen molar-refractivity contribution in [1.29, 1.82) is 0 Å². The number of hydrogen-bond donors (Lipinski definition) is 2. The second-order valence-electron chi connectivity index (χ2n) is 4.99. The number of rotatable bonds is 6. The molecule has 1 heterocycles. The number of ether oxygens (including phenoxy) is 1. The fourth-order valence-corrected chi connectivity index (χ4v) is 1.93. The predicted octanol–water partition coefficient (Wildman–Crippen LogP) is 1.80. The molecule has 1 amide bonds. The summed E-state index contributed by atoms with van der Waals surface area (Å²) in [5, 5.41) is 5.97. The molecule has 1 aromatic rings. The van der Waals surface area contributed by atoms with Crippen LogP contribution in [0.25, 0.3) is 0 Å². The topological polar surface area (TPSA) is 67.4 Å². The van der Waals surface area contributed by atoms with Crippen LogP contribution in [-0.4, -0.2) is 31.6 Å². The van der Waals surface area contributed by atoms with E-state index in [1.807, 2.05) is 6.92 Å². The monoisotopic (exact) mass is 276 g/mol. The van der Waals surface area contributed by atoms with Crippen LogP contribution < -0.4 is 10.6 Å². The zero-order valence-electron chi connectivity index (χ0n) is 11.6. The van der Waals surface area contributed by atoms with E-state index in [1.165, 1.54) is 0 Å². The van der Waals surface area contributed by atoms with Crippen LogP contribution in [0.4, 0.5) is 5.69 Å². The molecule has 2 N–H and O–H groups in total.